The van der Waals surface area contributed by atoms with Crippen LogP contribution in [0.3, 0.4) is 0 Å². The van der Waals surface area contributed by atoms with Crippen molar-refractivity contribution >= 4 is 38.7 Å². The Bertz CT molecular complexity index is 725. The first-order valence-corrected chi connectivity index (χ1v) is 8.17. The molecule has 5 nitrogen and oxygen atoms in total. The maximum Gasteiger partial charge on any atom is 0.290 e. The SMILES string of the molecule is CCCC1C(=O)NCCN1C(=O)c1cc2cc(Br)ccc2o1. The number of hydrogen-bond acceptors (Lipinski definition) is 3. The molecular weight excluding hydrogens is 348 g/mol. The predicted molar refractivity (Wildman–Crippen MR) is 86.7 cm³/mol. The normalized spacial score (nSPS) is 18.5. The van der Waals surface area contributed by atoms with Gasteiger partial charge >= 0.3 is 0 Å². The molecule has 0 saturated carbocycles. The summed E-state index contributed by atoms with van der Waals surface area (Å²) in [6, 6.07) is 6.92. The molecule has 1 atom stereocenters. The molecule has 0 aliphatic carbocycles. The lowest BCUT2D eigenvalue weighted by Crippen LogP contribution is -2.57. The summed E-state index contributed by atoms with van der Waals surface area (Å²) in [6.07, 6.45) is 1.50. The highest BCUT2D eigenvalue weighted by molar-refractivity contribution is 9.10. The third-order valence-corrected chi connectivity index (χ3v) is 4.34. The summed E-state index contributed by atoms with van der Waals surface area (Å²) in [5, 5.41) is 3.68. The summed E-state index contributed by atoms with van der Waals surface area (Å²) in [5.74, 6) is -0.0233. The van der Waals surface area contributed by atoms with E-state index in [2.05, 4.69) is 21.2 Å². The Morgan fingerprint density at radius 2 is 2.27 bits per heavy atom. The number of carbonyl (C=O) groups is 2. The fourth-order valence-corrected chi connectivity index (χ4v) is 3.16. The molecule has 1 unspecified atom stereocenters. The molecule has 2 aromatic rings. The topological polar surface area (TPSA) is 62.6 Å². The molecule has 1 fully saturated rings. The summed E-state index contributed by atoms with van der Waals surface area (Å²) in [7, 11) is 0. The van der Waals surface area contributed by atoms with Gasteiger partial charge in [0.05, 0.1) is 0 Å². The van der Waals surface area contributed by atoms with Gasteiger partial charge in [0.25, 0.3) is 5.91 Å². The molecule has 0 radical (unpaired) electrons. The summed E-state index contributed by atoms with van der Waals surface area (Å²) < 4.78 is 6.59. The second-order valence-electron chi connectivity index (χ2n) is 5.39. The third-order valence-electron chi connectivity index (χ3n) is 3.84. The van der Waals surface area contributed by atoms with Crippen molar-refractivity contribution < 1.29 is 14.0 Å². The van der Waals surface area contributed by atoms with Gasteiger partial charge < -0.3 is 14.6 Å². The minimum absolute atomic E-state index is 0.0831. The van der Waals surface area contributed by atoms with Gasteiger partial charge in [0.15, 0.2) is 5.76 Å². The zero-order valence-electron chi connectivity index (χ0n) is 12.3. The number of hydrogen-bond donors (Lipinski definition) is 1. The van der Waals surface area contributed by atoms with Gasteiger partial charge in [-0.2, -0.15) is 0 Å². The lowest BCUT2D eigenvalue weighted by molar-refractivity contribution is -0.128. The molecule has 0 spiro atoms. The molecule has 1 N–H and O–H groups in total. The molecule has 2 heterocycles. The highest BCUT2D eigenvalue weighted by atomic mass is 79.9. The molecule has 1 aromatic carbocycles. The fraction of sp³-hybridized carbons (Fsp3) is 0.375. The molecule has 6 heteroatoms. The summed E-state index contributed by atoms with van der Waals surface area (Å²) in [6.45, 7) is 3.00. The Morgan fingerprint density at radius 1 is 1.45 bits per heavy atom. The van der Waals surface area contributed by atoms with Crippen LogP contribution in [-0.2, 0) is 4.79 Å². The van der Waals surface area contributed by atoms with Crippen molar-refractivity contribution in [2.24, 2.45) is 0 Å². The maximum absolute atomic E-state index is 12.7. The standard InChI is InChI=1S/C16H17BrN2O3/c1-2-3-12-15(20)18-6-7-19(12)16(21)14-9-10-8-11(17)4-5-13(10)22-14/h4-5,8-9,12H,2-3,6-7H2,1H3,(H,18,20). The molecule has 1 saturated heterocycles. The number of halogens is 1. The molecule has 22 heavy (non-hydrogen) atoms. The summed E-state index contributed by atoms with van der Waals surface area (Å²) in [4.78, 5) is 26.4. The Morgan fingerprint density at radius 3 is 3.05 bits per heavy atom. The zero-order chi connectivity index (χ0) is 15.7. The molecule has 116 valence electrons. The third kappa shape index (κ3) is 2.75. The van der Waals surface area contributed by atoms with Crippen LogP contribution in [0.5, 0.6) is 0 Å². The minimum atomic E-state index is -0.411. The number of piperazine rings is 1. The Hall–Kier alpha value is -1.82. The predicted octanol–water partition coefficient (Wildman–Crippen LogP) is 2.94. The van der Waals surface area contributed by atoms with E-state index in [4.69, 9.17) is 4.42 Å². The molecule has 0 bridgehead atoms. The Labute approximate surface area is 136 Å². The number of amides is 2. The van der Waals surface area contributed by atoms with Crippen LogP contribution in [0.25, 0.3) is 11.0 Å². The number of benzene rings is 1. The second kappa shape index (κ2) is 6.12. The molecule has 1 aliphatic heterocycles. The van der Waals surface area contributed by atoms with Gasteiger partial charge in [-0.3, -0.25) is 9.59 Å². The number of nitrogens with zero attached hydrogens (tertiary/aromatic N) is 1. The van der Waals surface area contributed by atoms with E-state index >= 15 is 0 Å². The monoisotopic (exact) mass is 364 g/mol. The number of furan rings is 1. The van der Waals surface area contributed by atoms with Crippen LogP contribution in [-0.4, -0.2) is 35.8 Å². The first-order chi connectivity index (χ1) is 10.6. The van der Waals surface area contributed by atoms with Crippen LogP contribution in [0, 0.1) is 0 Å². The quantitative estimate of drug-likeness (QED) is 0.910. The van der Waals surface area contributed by atoms with Gasteiger partial charge in [-0.25, -0.2) is 0 Å². The Balaban J connectivity index is 1.91. The van der Waals surface area contributed by atoms with E-state index < -0.39 is 6.04 Å². The van der Waals surface area contributed by atoms with E-state index in [0.29, 0.717) is 25.1 Å². The second-order valence-corrected chi connectivity index (χ2v) is 6.30. The molecule has 3 rings (SSSR count). The largest absolute Gasteiger partial charge is 0.451 e. The maximum atomic E-state index is 12.7. The average Bonchev–Trinajstić information content (AvgIpc) is 2.91. The van der Waals surface area contributed by atoms with Crippen molar-refractivity contribution in [3.05, 3.63) is 34.5 Å². The van der Waals surface area contributed by atoms with Gasteiger partial charge in [-0.15, -0.1) is 0 Å². The van der Waals surface area contributed by atoms with Crippen molar-refractivity contribution in [1.29, 1.82) is 0 Å². The van der Waals surface area contributed by atoms with Crippen molar-refractivity contribution in [2.75, 3.05) is 13.1 Å². The lowest BCUT2D eigenvalue weighted by Gasteiger charge is -2.34. The van der Waals surface area contributed by atoms with Crippen LogP contribution >= 0.6 is 15.9 Å². The van der Waals surface area contributed by atoms with Crippen LogP contribution in [0.1, 0.15) is 30.3 Å². The van der Waals surface area contributed by atoms with Gasteiger partial charge in [-0.05, 0) is 30.7 Å². The van der Waals surface area contributed by atoms with E-state index in [1.165, 1.54) is 0 Å². The van der Waals surface area contributed by atoms with Crippen molar-refractivity contribution in [2.45, 2.75) is 25.8 Å². The van der Waals surface area contributed by atoms with E-state index in [9.17, 15) is 9.59 Å². The Kier molecular flexibility index (Phi) is 4.20. The molecule has 1 aromatic heterocycles. The van der Waals surface area contributed by atoms with E-state index in [-0.39, 0.29) is 17.6 Å². The first-order valence-electron chi connectivity index (χ1n) is 7.38. The highest BCUT2D eigenvalue weighted by Gasteiger charge is 2.34. The number of rotatable bonds is 3. The first kappa shape index (κ1) is 15.1. The lowest BCUT2D eigenvalue weighted by atomic mass is 10.1. The van der Waals surface area contributed by atoms with Gasteiger partial charge in [-0.1, -0.05) is 29.3 Å². The van der Waals surface area contributed by atoms with Gasteiger partial charge in [0, 0.05) is 22.9 Å². The van der Waals surface area contributed by atoms with E-state index in [1.54, 1.807) is 11.0 Å². The van der Waals surface area contributed by atoms with Crippen molar-refractivity contribution in [3.63, 3.8) is 0 Å². The van der Waals surface area contributed by atoms with Crippen LogP contribution in [0.2, 0.25) is 0 Å². The van der Waals surface area contributed by atoms with Crippen molar-refractivity contribution in [1.82, 2.24) is 10.2 Å². The van der Waals surface area contributed by atoms with Crippen LogP contribution in [0.15, 0.2) is 33.2 Å². The molecular formula is C16H17BrN2O3. The van der Waals surface area contributed by atoms with Crippen molar-refractivity contribution in [3.8, 4) is 0 Å². The number of carbonyl (C=O) groups excluding carboxylic acids is 2. The fourth-order valence-electron chi connectivity index (χ4n) is 2.78. The van der Waals surface area contributed by atoms with E-state index in [0.717, 1.165) is 16.3 Å². The summed E-state index contributed by atoms with van der Waals surface area (Å²) in [5.41, 5.74) is 0.667. The number of fused-ring (bicyclic) bond motifs is 1. The average molecular weight is 365 g/mol. The minimum Gasteiger partial charge on any atom is -0.451 e. The highest BCUT2D eigenvalue weighted by Crippen LogP contribution is 2.25. The van der Waals surface area contributed by atoms with Gasteiger partial charge in [0.2, 0.25) is 5.91 Å². The summed E-state index contributed by atoms with van der Waals surface area (Å²) >= 11 is 3.40. The number of nitrogens with one attached hydrogen (secondary N) is 1. The van der Waals surface area contributed by atoms with Crippen LogP contribution < -0.4 is 5.32 Å². The van der Waals surface area contributed by atoms with Gasteiger partial charge in [0.1, 0.15) is 11.6 Å². The van der Waals surface area contributed by atoms with Crippen LogP contribution in [0.4, 0.5) is 0 Å². The zero-order valence-corrected chi connectivity index (χ0v) is 13.9. The van der Waals surface area contributed by atoms with E-state index in [1.807, 2.05) is 25.1 Å². The smallest absolute Gasteiger partial charge is 0.290 e. The molecule has 2 amide bonds. The molecule has 1 aliphatic rings.